The summed E-state index contributed by atoms with van der Waals surface area (Å²) in [5, 5.41) is 23.8. The highest BCUT2D eigenvalue weighted by Crippen LogP contribution is 2.20. The van der Waals surface area contributed by atoms with Crippen molar-refractivity contribution in [2.24, 2.45) is 0 Å². The lowest BCUT2D eigenvalue weighted by Crippen LogP contribution is -2.44. The average Bonchev–Trinajstić information content (AvgIpc) is 2.85. The summed E-state index contributed by atoms with van der Waals surface area (Å²) in [6, 6.07) is 8.23. The summed E-state index contributed by atoms with van der Waals surface area (Å²) in [7, 11) is 0. The number of likely N-dealkylation sites (tertiary alicyclic amines) is 1. The minimum atomic E-state index is 0.0471. The molecule has 1 fully saturated rings. The number of aliphatic hydroxyl groups excluding tert-OH is 2. The Bertz CT molecular complexity index is 606. The van der Waals surface area contributed by atoms with Gasteiger partial charge in [0.05, 0.1) is 19.8 Å². The molecule has 6 heteroatoms. The number of anilines is 1. The Labute approximate surface area is 202 Å². The predicted octanol–water partition coefficient (Wildman–Crippen LogP) is 4.74. The highest BCUT2D eigenvalue weighted by molar-refractivity contribution is 5.78. The number of aliphatic hydroxyl groups is 2. The number of nitrogens with zero attached hydrogens (tertiary/aromatic N) is 1. The molecule has 1 heterocycles. The molecule has 1 aromatic carbocycles. The second kappa shape index (κ2) is 24.5. The fourth-order valence-corrected chi connectivity index (χ4v) is 2.94. The van der Waals surface area contributed by atoms with Crippen molar-refractivity contribution in [3.05, 3.63) is 54.6 Å². The summed E-state index contributed by atoms with van der Waals surface area (Å²) in [4.78, 5) is 13.9. The summed E-state index contributed by atoms with van der Waals surface area (Å²) in [5.74, 6) is 0.0527. The van der Waals surface area contributed by atoms with Crippen LogP contribution in [-0.2, 0) is 11.4 Å². The molecule has 0 saturated carbocycles. The van der Waals surface area contributed by atoms with E-state index in [4.69, 9.17) is 5.11 Å². The average molecular weight is 464 g/mol. The van der Waals surface area contributed by atoms with Crippen LogP contribution in [0.25, 0.3) is 0 Å². The maximum absolute atomic E-state index is 11.7. The van der Waals surface area contributed by atoms with Crippen LogP contribution in [0.4, 0.5) is 5.69 Å². The molecule has 0 aliphatic carbocycles. The lowest BCUT2D eigenvalue weighted by Gasteiger charge is -2.32. The standard InChI is InChI=1S/C17H25N3O2.C5H10O.C3H8.C2H6/c1-2-9-18-17(22)12-20-10-7-15(8-11-20)19-16-6-4-3-5-14(16)13-21;1-2-3-4-5-6;1-3-2;1-2/h2-6,15,19,21H,1,7-13H2,(H,18,22);3-4,6H,2,5H2,1H3;3H2,1-2H3;1-2H3/b;4-3+;;. The van der Waals surface area contributed by atoms with Gasteiger partial charge in [-0.2, -0.15) is 0 Å². The number of para-hydroxylation sites is 1. The van der Waals surface area contributed by atoms with Gasteiger partial charge in [0.15, 0.2) is 0 Å². The number of carbonyl (C=O) groups excluding carboxylic acids is 1. The Balaban J connectivity index is 0. The maximum atomic E-state index is 11.7. The van der Waals surface area contributed by atoms with Gasteiger partial charge in [0.25, 0.3) is 0 Å². The van der Waals surface area contributed by atoms with E-state index >= 15 is 0 Å². The first-order valence-electron chi connectivity index (χ1n) is 12.4. The summed E-state index contributed by atoms with van der Waals surface area (Å²) < 4.78 is 0. The molecule has 0 unspecified atom stereocenters. The molecule has 0 spiro atoms. The Hall–Kier alpha value is -2.15. The minimum Gasteiger partial charge on any atom is -0.392 e. The lowest BCUT2D eigenvalue weighted by atomic mass is 10.0. The molecule has 6 nitrogen and oxygen atoms in total. The van der Waals surface area contributed by atoms with E-state index in [9.17, 15) is 9.90 Å². The molecule has 1 amide bonds. The van der Waals surface area contributed by atoms with E-state index in [2.05, 4.69) is 36.0 Å². The topological polar surface area (TPSA) is 84.8 Å². The summed E-state index contributed by atoms with van der Waals surface area (Å²) in [6.45, 7) is 16.9. The monoisotopic (exact) mass is 463 g/mol. The molecule has 1 aromatic rings. The van der Waals surface area contributed by atoms with Crippen molar-refractivity contribution in [3.63, 3.8) is 0 Å². The van der Waals surface area contributed by atoms with Crippen LogP contribution < -0.4 is 10.6 Å². The molecule has 190 valence electrons. The summed E-state index contributed by atoms with van der Waals surface area (Å²) in [5.41, 5.74) is 1.93. The quantitative estimate of drug-likeness (QED) is 0.397. The third kappa shape index (κ3) is 18.0. The Morgan fingerprint density at radius 3 is 2.21 bits per heavy atom. The fraction of sp³-hybridized carbons (Fsp3) is 0.593. The van der Waals surface area contributed by atoms with Gasteiger partial charge in [-0.1, -0.05) is 77.5 Å². The van der Waals surface area contributed by atoms with Crippen LogP contribution in [0.15, 0.2) is 49.1 Å². The van der Waals surface area contributed by atoms with Crippen molar-refractivity contribution in [1.29, 1.82) is 0 Å². The van der Waals surface area contributed by atoms with Gasteiger partial charge >= 0.3 is 0 Å². The van der Waals surface area contributed by atoms with Crippen molar-refractivity contribution < 1.29 is 15.0 Å². The number of piperidine rings is 1. The smallest absolute Gasteiger partial charge is 0.234 e. The van der Waals surface area contributed by atoms with Crippen LogP contribution >= 0.6 is 0 Å². The third-order valence-electron chi connectivity index (χ3n) is 4.45. The van der Waals surface area contributed by atoms with Crippen molar-refractivity contribution in [1.82, 2.24) is 10.2 Å². The zero-order valence-corrected chi connectivity index (χ0v) is 21.6. The molecule has 0 radical (unpaired) electrons. The van der Waals surface area contributed by atoms with Crippen LogP contribution in [0.3, 0.4) is 0 Å². The van der Waals surface area contributed by atoms with E-state index in [1.54, 1.807) is 12.2 Å². The van der Waals surface area contributed by atoms with Gasteiger partial charge in [0.1, 0.15) is 0 Å². The normalized spacial score (nSPS) is 13.4. The Kier molecular flexibility index (Phi) is 24.5. The van der Waals surface area contributed by atoms with Gasteiger partial charge in [-0.15, -0.1) is 6.58 Å². The molecule has 2 rings (SSSR count). The molecular weight excluding hydrogens is 414 g/mol. The first kappa shape index (κ1) is 33.0. The number of amides is 1. The minimum absolute atomic E-state index is 0.0471. The zero-order chi connectivity index (χ0) is 25.3. The van der Waals surface area contributed by atoms with E-state index in [1.807, 2.05) is 51.1 Å². The van der Waals surface area contributed by atoms with Crippen molar-refractivity contribution >= 4 is 11.6 Å². The summed E-state index contributed by atoms with van der Waals surface area (Å²) in [6.07, 6.45) is 9.61. The molecule has 0 aromatic heterocycles. The highest BCUT2D eigenvalue weighted by Gasteiger charge is 2.21. The van der Waals surface area contributed by atoms with E-state index in [-0.39, 0.29) is 19.1 Å². The van der Waals surface area contributed by atoms with Gasteiger partial charge < -0.3 is 20.8 Å². The van der Waals surface area contributed by atoms with Crippen LogP contribution in [0.5, 0.6) is 0 Å². The molecule has 1 saturated heterocycles. The van der Waals surface area contributed by atoms with E-state index < -0.39 is 0 Å². The zero-order valence-electron chi connectivity index (χ0n) is 21.6. The largest absolute Gasteiger partial charge is 0.392 e. The number of nitrogens with one attached hydrogen (secondary N) is 2. The van der Waals surface area contributed by atoms with E-state index in [0.29, 0.717) is 19.1 Å². The number of rotatable bonds is 9. The van der Waals surface area contributed by atoms with E-state index in [0.717, 1.165) is 43.6 Å². The SMILES string of the molecule is C=CCNC(=O)CN1CCC(Nc2ccccc2CO)CC1.CC.CC/C=C/CO.CCC. The Morgan fingerprint density at radius 1 is 1.12 bits per heavy atom. The lowest BCUT2D eigenvalue weighted by molar-refractivity contribution is -0.122. The van der Waals surface area contributed by atoms with Gasteiger partial charge in [-0.05, 0) is 25.3 Å². The molecule has 0 atom stereocenters. The Morgan fingerprint density at radius 2 is 1.73 bits per heavy atom. The van der Waals surface area contributed by atoms with Crippen LogP contribution in [0.1, 0.15) is 65.9 Å². The van der Waals surface area contributed by atoms with Gasteiger partial charge in [-0.25, -0.2) is 0 Å². The van der Waals surface area contributed by atoms with Gasteiger partial charge in [-0.3, -0.25) is 9.69 Å². The number of allylic oxidation sites excluding steroid dienone is 1. The van der Waals surface area contributed by atoms with Crippen molar-refractivity contribution in [2.75, 3.05) is 38.1 Å². The maximum Gasteiger partial charge on any atom is 0.234 e. The van der Waals surface area contributed by atoms with Gasteiger partial charge in [0, 0.05) is 36.9 Å². The number of hydrogen-bond donors (Lipinski definition) is 4. The van der Waals surface area contributed by atoms with E-state index in [1.165, 1.54) is 6.42 Å². The van der Waals surface area contributed by atoms with Gasteiger partial charge in [0.2, 0.25) is 5.91 Å². The van der Waals surface area contributed by atoms with Crippen LogP contribution in [0, 0.1) is 0 Å². The summed E-state index contributed by atoms with van der Waals surface area (Å²) >= 11 is 0. The molecule has 4 N–H and O–H groups in total. The highest BCUT2D eigenvalue weighted by atomic mass is 16.3. The van der Waals surface area contributed by atoms with Crippen LogP contribution in [-0.4, -0.2) is 59.8 Å². The second-order valence-electron chi connectivity index (χ2n) is 7.37. The number of benzene rings is 1. The molecule has 33 heavy (non-hydrogen) atoms. The molecular formula is C27H49N3O3. The number of hydrogen-bond acceptors (Lipinski definition) is 5. The van der Waals surface area contributed by atoms with Crippen molar-refractivity contribution in [2.45, 2.75) is 73.0 Å². The molecule has 1 aliphatic rings. The van der Waals surface area contributed by atoms with Crippen LogP contribution in [0.2, 0.25) is 0 Å². The predicted molar refractivity (Wildman–Crippen MR) is 142 cm³/mol. The first-order chi connectivity index (χ1) is 16.1. The molecule has 1 aliphatic heterocycles. The molecule has 0 bridgehead atoms. The van der Waals surface area contributed by atoms with Crippen molar-refractivity contribution in [3.8, 4) is 0 Å². The number of carbonyl (C=O) groups is 1. The second-order valence-corrected chi connectivity index (χ2v) is 7.37. The third-order valence-corrected chi connectivity index (χ3v) is 4.45. The first-order valence-corrected chi connectivity index (χ1v) is 12.4. The fourth-order valence-electron chi connectivity index (χ4n) is 2.94.